The zero-order chi connectivity index (χ0) is 12.1. The van der Waals surface area contributed by atoms with Crippen molar-refractivity contribution in [3.8, 4) is 0 Å². The van der Waals surface area contributed by atoms with Crippen LogP contribution in [0.3, 0.4) is 0 Å². The monoisotopic (exact) mass is 220 g/mol. The molecular formula is C12H16N2O2. The summed E-state index contributed by atoms with van der Waals surface area (Å²) in [5.74, 6) is -0.431. The van der Waals surface area contributed by atoms with Crippen LogP contribution in [0.1, 0.15) is 18.1 Å². The van der Waals surface area contributed by atoms with Gasteiger partial charge in [0.05, 0.1) is 6.54 Å². The van der Waals surface area contributed by atoms with Crippen LogP contribution in [0.4, 0.5) is 5.69 Å². The third kappa shape index (κ3) is 3.38. The number of benzene rings is 1. The summed E-state index contributed by atoms with van der Waals surface area (Å²) in [5, 5.41) is 5.20. The van der Waals surface area contributed by atoms with Crippen LogP contribution in [-0.4, -0.2) is 18.4 Å². The van der Waals surface area contributed by atoms with Crippen molar-refractivity contribution in [3.63, 3.8) is 0 Å². The van der Waals surface area contributed by atoms with Crippen molar-refractivity contribution in [1.29, 1.82) is 0 Å². The highest BCUT2D eigenvalue weighted by atomic mass is 16.2. The van der Waals surface area contributed by atoms with E-state index in [1.807, 2.05) is 32.0 Å². The van der Waals surface area contributed by atoms with E-state index in [0.29, 0.717) is 0 Å². The molecule has 0 fully saturated rings. The Morgan fingerprint density at radius 3 is 2.56 bits per heavy atom. The molecule has 2 amide bonds. The third-order valence-corrected chi connectivity index (χ3v) is 2.38. The standard InChI is InChI=1S/C12H16N2O2/c1-8-5-4-6-11(9(8)2)14-12(16)7-13-10(3)15/h4-6H,7H2,1-3H3,(H,13,15)(H,14,16). The number of rotatable bonds is 3. The minimum atomic E-state index is -0.219. The van der Waals surface area contributed by atoms with E-state index in [1.165, 1.54) is 6.92 Å². The molecule has 16 heavy (non-hydrogen) atoms. The second-order valence-electron chi connectivity index (χ2n) is 3.71. The van der Waals surface area contributed by atoms with Crippen LogP contribution in [0.2, 0.25) is 0 Å². The minimum Gasteiger partial charge on any atom is -0.347 e. The first kappa shape index (κ1) is 12.2. The molecule has 4 heteroatoms. The summed E-state index contributed by atoms with van der Waals surface area (Å²) in [6.07, 6.45) is 0. The summed E-state index contributed by atoms with van der Waals surface area (Å²) in [6, 6.07) is 5.71. The van der Waals surface area contributed by atoms with Gasteiger partial charge in [-0.2, -0.15) is 0 Å². The van der Waals surface area contributed by atoms with Crippen molar-refractivity contribution in [1.82, 2.24) is 5.32 Å². The Morgan fingerprint density at radius 1 is 1.25 bits per heavy atom. The molecule has 4 nitrogen and oxygen atoms in total. The molecular weight excluding hydrogens is 204 g/mol. The van der Waals surface area contributed by atoms with E-state index in [-0.39, 0.29) is 18.4 Å². The third-order valence-electron chi connectivity index (χ3n) is 2.38. The van der Waals surface area contributed by atoms with Gasteiger partial charge in [-0.1, -0.05) is 12.1 Å². The lowest BCUT2D eigenvalue weighted by atomic mass is 10.1. The van der Waals surface area contributed by atoms with Crippen LogP contribution in [0.15, 0.2) is 18.2 Å². The van der Waals surface area contributed by atoms with Gasteiger partial charge in [0.2, 0.25) is 11.8 Å². The van der Waals surface area contributed by atoms with Crippen LogP contribution in [-0.2, 0) is 9.59 Å². The van der Waals surface area contributed by atoms with Crippen molar-refractivity contribution < 1.29 is 9.59 Å². The molecule has 0 saturated heterocycles. The lowest BCUT2D eigenvalue weighted by molar-refractivity contribution is -0.122. The second kappa shape index (κ2) is 5.30. The van der Waals surface area contributed by atoms with Crippen molar-refractivity contribution >= 4 is 17.5 Å². The van der Waals surface area contributed by atoms with Crippen molar-refractivity contribution in [2.75, 3.05) is 11.9 Å². The molecule has 1 aromatic carbocycles. The van der Waals surface area contributed by atoms with E-state index < -0.39 is 0 Å². The molecule has 0 aliphatic carbocycles. The van der Waals surface area contributed by atoms with Crippen molar-refractivity contribution in [2.24, 2.45) is 0 Å². The largest absolute Gasteiger partial charge is 0.347 e. The Balaban J connectivity index is 2.63. The highest BCUT2D eigenvalue weighted by Gasteiger charge is 2.05. The van der Waals surface area contributed by atoms with Crippen molar-refractivity contribution in [3.05, 3.63) is 29.3 Å². The molecule has 1 rings (SSSR count). The number of carbonyl (C=O) groups is 2. The van der Waals surface area contributed by atoms with Gasteiger partial charge in [-0.3, -0.25) is 9.59 Å². The average Bonchev–Trinajstić information content (AvgIpc) is 2.22. The molecule has 0 aliphatic rings. The van der Waals surface area contributed by atoms with E-state index in [4.69, 9.17) is 0 Å². The molecule has 0 saturated carbocycles. The molecule has 2 N–H and O–H groups in total. The maximum atomic E-state index is 11.5. The lowest BCUT2D eigenvalue weighted by Gasteiger charge is -2.10. The van der Waals surface area contributed by atoms with Gasteiger partial charge in [0.25, 0.3) is 0 Å². The summed E-state index contributed by atoms with van der Waals surface area (Å²) >= 11 is 0. The van der Waals surface area contributed by atoms with Crippen molar-refractivity contribution in [2.45, 2.75) is 20.8 Å². The Bertz CT molecular complexity index is 413. The van der Waals surface area contributed by atoms with Gasteiger partial charge in [0.15, 0.2) is 0 Å². The zero-order valence-corrected chi connectivity index (χ0v) is 9.76. The van der Waals surface area contributed by atoms with Gasteiger partial charge in [-0.15, -0.1) is 0 Å². The Kier molecular flexibility index (Phi) is 4.05. The van der Waals surface area contributed by atoms with E-state index in [9.17, 15) is 9.59 Å². The first-order valence-electron chi connectivity index (χ1n) is 5.11. The summed E-state index contributed by atoms with van der Waals surface area (Å²) in [4.78, 5) is 22.1. The van der Waals surface area contributed by atoms with Gasteiger partial charge >= 0.3 is 0 Å². The van der Waals surface area contributed by atoms with Gasteiger partial charge in [0.1, 0.15) is 0 Å². The van der Waals surface area contributed by atoms with Crippen LogP contribution in [0, 0.1) is 13.8 Å². The molecule has 0 aliphatic heterocycles. The predicted molar refractivity (Wildman–Crippen MR) is 63.2 cm³/mol. The molecule has 0 radical (unpaired) electrons. The molecule has 0 unspecified atom stereocenters. The molecule has 1 aromatic rings. The minimum absolute atomic E-state index is 0.00269. The molecule has 86 valence electrons. The fourth-order valence-electron chi connectivity index (χ4n) is 1.29. The smallest absolute Gasteiger partial charge is 0.243 e. The second-order valence-corrected chi connectivity index (χ2v) is 3.71. The maximum absolute atomic E-state index is 11.5. The van der Waals surface area contributed by atoms with E-state index in [2.05, 4.69) is 10.6 Å². The normalized spacial score (nSPS) is 9.69. The number of nitrogens with one attached hydrogen (secondary N) is 2. The lowest BCUT2D eigenvalue weighted by Crippen LogP contribution is -2.31. The number of aryl methyl sites for hydroxylation is 1. The van der Waals surface area contributed by atoms with Crippen LogP contribution < -0.4 is 10.6 Å². The summed E-state index contributed by atoms with van der Waals surface area (Å²) < 4.78 is 0. The Morgan fingerprint density at radius 2 is 1.94 bits per heavy atom. The molecule has 0 heterocycles. The summed E-state index contributed by atoms with van der Waals surface area (Å²) in [7, 11) is 0. The Hall–Kier alpha value is -1.84. The highest BCUT2D eigenvalue weighted by Crippen LogP contribution is 2.17. The van der Waals surface area contributed by atoms with Crippen LogP contribution in [0.5, 0.6) is 0 Å². The van der Waals surface area contributed by atoms with Crippen LogP contribution >= 0.6 is 0 Å². The summed E-state index contributed by atoms with van der Waals surface area (Å²) in [6.45, 7) is 5.32. The fourth-order valence-corrected chi connectivity index (χ4v) is 1.29. The SMILES string of the molecule is CC(=O)NCC(=O)Nc1cccc(C)c1C. The molecule has 0 atom stereocenters. The average molecular weight is 220 g/mol. The van der Waals surface area contributed by atoms with Gasteiger partial charge < -0.3 is 10.6 Å². The molecule has 0 spiro atoms. The van der Waals surface area contributed by atoms with Gasteiger partial charge in [0, 0.05) is 12.6 Å². The predicted octanol–water partition coefficient (Wildman–Crippen LogP) is 1.38. The first-order chi connectivity index (χ1) is 7.50. The number of amides is 2. The number of carbonyl (C=O) groups excluding carboxylic acids is 2. The number of hydrogen-bond donors (Lipinski definition) is 2. The van der Waals surface area contributed by atoms with Gasteiger partial charge in [-0.25, -0.2) is 0 Å². The van der Waals surface area contributed by atoms with E-state index >= 15 is 0 Å². The molecule has 0 bridgehead atoms. The first-order valence-corrected chi connectivity index (χ1v) is 5.11. The van der Waals surface area contributed by atoms with Gasteiger partial charge in [-0.05, 0) is 31.0 Å². The Labute approximate surface area is 95.0 Å². The topological polar surface area (TPSA) is 58.2 Å². The quantitative estimate of drug-likeness (QED) is 0.808. The van der Waals surface area contributed by atoms with Crippen LogP contribution in [0.25, 0.3) is 0 Å². The fraction of sp³-hybridized carbons (Fsp3) is 0.333. The van der Waals surface area contributed by atoms with E-state index in [0.717, 1.165) is 16.8 Å². The summed E-state index contributed by atoms with van der Waals surface area (Å²) in [5.41, 5.74) is 2.95. The maximum Gasteiger partial charge on any atom is 0.243 e. The number of hydrogen-bond acceptors (Lipinski definition) is 2. The molecule has 0 aromatic heterocycles. The zero-order valence-electron chi connectivity index (χ0n) is 9.76. The number of anilines is 1. The van der Waals surface area contributed by atoms with E-state index in [1.54, 1.807) is 0 Å². The highest BCUT2D eigenvalue weighted by molar-refractivity contribution is 5.94.